The van der Waals surface area contributed by atoms with Crippen LogP contribution in [0.25, 0.3) is 0 Å². The standard InChI is InChI=1S/C16H16FNO2/c1-11-5-3-4-6-13(11)16(19)18-10-12-7-8-15(20-2)14(17)9-12/h3-9H,10H2,1-2H3,(H,18,19). The molecule has 1 N–H and O–H groups in total. The minimum Gasteiger partial charge on any atom is -0.494 e. The average molecular weight is 273 g/mol. The molecule has 0 radical (unpaired) electrons. The molecule has 4 heteroatoms. The number of rotatable bonds is 4. The lowest BCUT2D eigenvalue weighted by Gasteiger charge is -2.08. The quantitative estimate of drug-likeness (QED) is 0.929. The van der Waals surface area contributed by atoms with Crippen LogP contribution in [0.5, 0.6) is 5.75 Å². The molecule has 20 heavy (non-hydrogen) atoms. The summed E-state index contributed by atoms with van der Waals surface area (Å²) < 4.78 is 18.4. The van der Waals surface area contributed by atoms with Gasteiger partial charge in [0, 0.05) is 12.1 Å². The van der Waals surface area contributed by atoms with Gasteiger partial charge in [0.2, 0.25) is 0 Å². The first-order valence-corrected chi connectivity index (χ1v) is 6.28. The number of halogens is 1. The first-order valence-electron chi connectivity index (χ1n) is 6.28. The fourth-order valence-corrected chi connectivity index (χ4v) is 1.93. The van der Waals surface area contributed by atoms with Gasteiger partial charge in [-0.2, -0.15) is 0 Å². The zero-order chi connectivity index (χ0) is 14.5. The first kappa shape index (κ1) is 14.1. The van der Waals surface area contributed by atoms with Gasteiger partial charge in [0.05, 0.1) is 7.11 Å². The SMILES string of the molecule is COc1ccc(CNC(=O)c2ccccc2C)cc1F. The molecule has 0 saturated carbocycles. The molecular weight excluding hydrogens is 257 g/mol. The van der Waals surface area contributed by atoms with Gasteiger partial charge in [0.25, 0.3) is 5.91 Å². The molecule has 0 spiro atoms. The van der Waals surface area contributed by atoms with E-state index >= 15 is 0 Å². The van der Waals surface area contributed by atoms with E-state index in [0.29, 0.717) is 11.1 Å². The maximum Gasteiger partial charge on any atom is 0.251 e. The van der Waals surface area contributed by atoms with Crippen LogP contribution >= 0.6 is 0 Å². The molecule has 0 bridgehead atoms. The molecule has 0 atom stereocenters. The summed E-state index contributed by atoms with van der Waals surface area (Å²) in [5, 5.41) is 2.77. The van der Waals surface area contributed by atoms with E-state index in [1.54, 1.807) is 18.2 Å². The molecule has 2 rings (SSSR count). The second kappa shape index (κ2) is 6.19. The Kier molecular flexibility index (Phi) is 4.35. The van der Waals surface area contributed by atoms with E-state index in [1.165, 1.54) is 13.2 Å². The van der Waals surface area contributed by atoms with Crippen LogP contribution in [-0.2, 0) is 6.54 Å². The van der Waals surface area contributed by atoms with Gasteiger partial charge in [-0.05, 0) is 36.2 Å². The van der Waals surface area contributed by atoms with E-state index < -0.39 is 5.82 Å². The third-order valence-electron chi connectivity index (χ3n) is 3.06. The largest absolute Gasteiger partial charge is 0.494 e. The van der Waals surface area contributed by atoms with Crippen LogP contribution in [0.3, 0.4) is 0 Å². The fourth-order valence-electron chi connectivity index (χ4n) is 1.93. The Morgan fingerprint density at radius 1 is 1.25 bits per heavy atom. The van der Waals surface area contributed by atoms with Gasteiger partial charge >= 0.3 is 0 Å². The molecule has 3 nitrogen and oxygen atoms in total. The number of carbonyl (C=O) groups is 1. The van der Waals surface area contributed by atoms with Crippen molar-refractivity contribution in [3.63, 3.8) is 0 Å². The summed E-state index contributed by atoms with van der Waals surface area (Å²) in [6.07, 6.45) is 0. The minimum atomic E-state index is -0.435. The van der Waals surface area contributed by atoms with Gasteiger partial charge < -0.3 is 10.1 Å². The van der Waals surface area contributed by atoms with Crippen LogP contribution in [-0.4, -0.2) is 13.0 Å². The third-order valence-corrected chi connectivity index (χ3v) is 3.06. The molecule has 0 unspecified atom stereocenters. The summed E-state index contributed by atoms with van der Waals surface area (Å²) in [7, 11) is 1.41. The van der Waals surface area contributed by atoms with E-state index in [0.717, 1.165) is 5.56 Å². The number of nitrogens with one attached hydrogen (secondary N) is 1. The van der Waals surface area contributed by atoms with Gasteiger partial charge in [-0.15, -0.1) is 0 Å². The van der Waals surface area contributed by atoms with E-state index in [1.807, 2.05) is 25.1 Å². The third kappa shape index (κ3) is 3.15. The fraction of sp³-hybridized carbons (Fsp3) is 0.188. The van der Waals surface area contributed by atoms with Crippen LogP contribution in [0.15, 0.2) is 42.5 Å². The van der Waals surface area contributed by atoms with E-state index in [9.17, 15) is 9.18 Å². The number of benzene rings is 2. The Balaban J connectivity index is 2.04. The first-order chi connectivity index (χ1) is 9.61. The highest BCUT2D eigenvalue weighted by Gasteiger charge is 2.08. The molecule has 0 fully saturated rings. The molecule has 0 heterocycles. The van der Waals surface area contributed by atoms with Gasteiger partial charge in [-0.1, -0.05) is 24.3 Å². The number of ether oxygens (including phenoxy) is 1. The number of amides is 1. The van der Waals surface area contributed by atoms with Gasteiger partial charge in [-0.3, -0.25) is 4.79 Å². The van der Waals surface area contributed by atoms with Crippen molar-refractivity contribution < 1.29 is 13.9 Å². The van der Waals surface area contributed by atoms with Crippen molar-refractivity contribution in [1.82, 2.24) is 5.32 Å². The van der Waals surface area contributed by atoms with Crippen LogP contribution in [0, 0.1) is 12.7 Å². The molecule has 0 aromatic heterocycles. The summed E-state index contributed by atoms with van der Waals surface area (Å²) in [5.41, 5.74) is 2.22. The van der Waals surface area contributed by atoms with Crippen LogP contribution in [0.4, 0.5) is 4.39 Å². The van der Waals surface area contributed by atoms with Gasteiger partial charge in [-0.25, -0.2) is 4.39 Å². The van der Waals surface area contributed by atoms with Crippen LogP contribution < -0.4 is 10.1 Å². The number of carbonyl (C=O) groups excluding carboxylic acids is 1. The van der Waals surface area contributed by atoms with Crippen LogP contribution in [0.2, 0.25) is 0 Å². The molecule has 104 valence electrons. The molecule has 0 aliphatic rings. The Hall–Kier alpha value is -2.36. The van der Waals surface area contributed by atoms with E-state index in [2.05, 4.69) is 5.32 Å². The second-order valence-electron chi connectivity index (χ2n) is 4.47. The zero-order valence-electron chi connectivity index (χ0n) is 11.4. The number of aryl methyl sites for hydroxylation is 1. The lowest BCUT2D eigenvalue weighted by atomic mass is 10.1. The van der Waals surface area contributed by atoms with E-state index in [-0.39, 0.29) is 18.2 Å². The number of hydrogen-bond acceptors (Lipinski definition) is 2. The molecular formula is C16H16FNO2. The predicted molar refractivity (Wildman–Crippen MR) is 75.3 cm³/mol. The highest BCUT2D eigenvalue weighted by Crippen LogP contribution is 2.17. The Morgan fingerprint density at radius 2 is 2.00 bits per heavy atom. The van der Waals surface area contributed by atoms with Crippen molar-refractivity contribution >= 4 is 5.91 Å². The summed E-state index contributed by atoms with van der Waals surface area (Å²) in [5.74, 6) is -0.409. The van der Waals surface area contributed by atoms with Crippen molar-refractivity contribution in [3.05, 3.63) is 65.0 Å². The van der Waals surface area contributed by atoms with Gasteiger partial charge in [0.1, 0.15) is 0 Å². The minimum absolute atomic E-state index is 0.167. The van der Waals surface area contributed by atoms with Crippen molar-refractivity contribution in [2.45, 2.75) is 13.5 Å². The van der Waals surface area contributed by atoms with Crippen LogP contribution in [0.1, 0.15) is 21.5 Å². The Bertz CT molecular complexity index is 626. The summed E-state index contributed by atoms with van der Waals surface area (Å²) in [6, 6.07) is 12.0. The van der Waals surface area contributed by atoms with Crippen molar-refractivity contribution in [1.29, 1.82) is 0 Å². The normalized spacial score (nSPS) is 10.2. The smallest absolute Gasteiger partial charge is 0.251 e. The molecule has 2 aromatic carbocycles. The number of hydrogen-bond donors (Lipinski definition) is 1. The molecule has 1 amide bonds. The highest BCUT2D eigenvalue weighted by molar-refractivity contribution is 5.95. The van der Waals surface area contributed by atoms with Crippen molar-refractivity contribution in [2.24, 2.45) is 0 Å². The number of methoxy groups -OCH3 is 1. The second-order valence-corrected chi connectivity index (χ2v) is 4.47. The highest BCUT2D eigenvalue weighted by atomic mass is 19.1. The maximum absolute atomic E-state index is 13.5. The Labute approximate surface area is 117 Å². The van der Waals surface area contributed by atoms with E-state index in [4.69, 9.17) is 4.74 Å². The molecule has 0 saturated heterocycles. The van der Waals surface area contributed by atoms with Crippen molar-refractivity contribution in [2.75, 3.05) is 7.11 Å². The summed E-state index contributed by atoms with van der Waals surface area (Å²) >= 11 is 0. The Morgan fingerprint density at radius 3 is 2.65 bits per heavy atom. The average Bonchev–Trinajstić information content (AvgIpc) is 2.45. The monoisotopic (exact) mass is 273 g/mol. The predicted octanol–water partition coefficient (Wildman–Crippen LogP) is 3.07. The zero-order valence-corrected chi connectivity index (χ0v) is 11.4. The molecule has 0 aliphatic heterocycles. The lowest BCUT2D eigenvalue weighted by Crippen LogP contribution is -2.23. The van der Waals surface area contributed by atoms with Crippen molar-refractivity contribution in [3.8, 4) is 5.75 Å². The molecule has 2 aromatic rings. The van der Waals surface area contributed by atoms with Gasteiger partial charge in [0.15, 0.2) is 11.6 Å². The lowest BCUT2D eigenvalue weighted by molar-refractivity contribution is 0.0950. The maximum atomic E-state index is 13.5. The summed E-state index contributed by atoms with van der Waals surface area (Å²) in [4.78, 5) is 12.0. The topological polar surface area (TPSA) is 38.3 Å². The molecule has 0 aliphatic carbocycles. The summed E-state index contributed by atoms with van der Waals surface area (Å²) in [6.45, 7) is 2.15.